The summed E-state index contributed by atoms with van der Waals surface area (Å²) >= 11 is 0. The molecule has 1 aromatic carbocycles. The molecule has 1 fully saturated rings. The molecule has 5 atom stereocenters. The quantitative estimate of drug-likeness (QED) is 0.167. The molecule has 8 heteroatoms. The van der Waals surface area contributed by atoms with Gasteiger partial charge in [-0.1, -0.05) is 88.5 Å². The first kappa shape index (κ1) is 32.2. The molecular weight excluding hydrogens is 494 g/mol. The topological polar surface area (TPSA) is 105 Å². The lowest BCUT2D eigenvalue weighted by atomic mass is 9.72. The van der Waals surface area contributed by atoms with E-state index in [0.717, 1.165) is 31.2 Å². The standard InChI is InChI=1S/C31H47N3O5/c1-7-14-24(31(5,6)9-3)20-22(4)39-30(37)27-18-13-19-34(27)29(36)25(15-8-2)32-28(35)26(33-38)21-23-16-11-10-12-17-23/h8,10-12,16-17,22,24-27H,2,7,9,13-15,18-21H2,1,3-6H3,(H,32,35). The second kappa shape index (κ2) is 15.5. The fraction of sp³-hybridized carbons (Fsp3) is 0.645. The molecule has 8 nitrogen and oxygen atoms in total. The Morgan fingerprint density at radius 3 is 2.51 bits per heavy atom. The van der Waals surface area contributed by atoms with Crippen LogP contribution in [-0.4, -0.2) is 53.5 Å². The molecular formula is C31H47N3O5. The van der Waals surface area contributed by atoms with E-state index in [2.05, 4.69) is 44.8 Å². The van der Waals surface area contributed by atoms with E-state index < -0.39 is 30.0 Å². The van der Waals surface area contributed by atoms with Crippen molar-refractivity contribution in [2.24, 2.45) is 16.5 Å². The lowest BCUT2D eigenvalue weighted by molar-refractivity contribution is -0.159. The summed E-state index contributed by atoms with van der Waals surface area (Å²) in [6.07, 6.45) is 6.72. The molecule has 0 bridgehead atoms. The second-order valence-corrected chi connectivity index (χ2v) is 11.4. The maximum atomic E-state index is 13.5. The average Bonchev–Trinajstić information content (AvgIpc) is 3.41. The molecule has 2 rings (SSSR count). The smallest absolute Gasteiger partial charge is 0.329 e. The summed E-state index contributed by atoms with van der Waals surface area (Å²) in [5.74, 6) is -0.977. The van der Waals surface area contributed by atoms with E-state index in [1.807, 2.05) is 37.3 Å². The van der Waals surface area contributed by atoms with E-state index in [0.29, 0.717) is 25.3 Å². The Balaban J connectivity index is 2.06. The molecule has 0 spiro atoms. The van der Waals surface area contributed by atoms with Crippen LogP contribution in [-0.2, 0) is 25.5 Å². The van der Waals surface area contributed by atoms with Crippen LogP contribution < -0.4 is 5.32 Å². The van der Waals surface area contributed by atoms with E-state index >= 15 is 0 Å². The number of hydrogen-bond donors (Lipinski definition) is 1. The number of amides is 2. The van der Waals surface area contributed by atoms with Crippen LogP contribution >= 0.6 is 0 Å². The maximum Gasteiger partial charge on any atom is 0.329 e. The highest BCUT2D eigenvalue weighted by molar-refractivity contribution is 5.92. The van der Waals surface area contributed by atoms with Crippen molar-refractivity contribution in [3.8, 4) is 0 Å². The van der Waals surface area contributed by atoms with Crippen LogP contribution in [0.15, 0.2) is 48.2 Å². The summed E-state index contributed by atoms with van der Waals surface area (Å²) in [4.78, 5) is 52.6. The van der Waals surface area contributed by atoms with Crippen LogP contribution in [0.1, 0.15) is 85.1 Å². The van der Waals surface area contributed by atoms with Gasteiger partial charge >= 0.3 is 5.97 Å². The lowest BCUT2D eigenvalue weighted by Crippen LogP contribution is -2.53. The Hall–Kier alpha value is -3.03. The minimum atomic E-state index is -1.17. The Morgan fingerprint density at radius 2 is 1.92 bits per heavy atom. The number of hydrogen-bond acceptors (Lipinski definition) is 6. The summed E-state index contributed by atoms with van der Waals surface area (Å²) in [6, 6.07) is 6.30. The highest BCUT2D eigenvalue weighted by Gasteiger charge is 2.40. The van der Waals surface area contributed by atoms with Crippen LogP contribution in [0.2, 0.25) is 0 Å². The van der Waals surface area contributed by atoms with Crippen molar-refractivity contribution < 1.29 is 19.1 Å². The summed E-state index contributed by atoms with van der Waals surface area (Å²) in [7, 11) is 0. The normalized spacial score (nSPS) is 18.5. The van der Waals surface area contributed by atoms with Gasteiger partial charge in [0.15, 0.2) is 6.04 Å². The van der Waals surface area contributed by atoms with Crippen molar-refractivity contribution in [3.63, 3.8) is 0 Å². The van der Waals surface area contributed by atoms with Crippen LogP contribution in [0.4, 0.5) is 0 Å². The van der Waals surface area contributed by atoms with Crippen molar-refractivity contribution in [1.29, 1.82) is 0 Å². The van der Waals surface area contributed by atoms with Crippen molar-refractivity contribution in [3.05, 3.63) is 53.5 Å². The monoisotopic (exact) mass is 541 g/mol. The number of likely N-dealkylation sites (tertiary alicyclic amines) is 1. The van der Waals surface area contributed by atoms with Gasteiger partial charge in [0.1, 0.15) is 12.1 Å². The highest BCUT2D eigenvalue weighted by atomic mass is 16.5. The highest BCUT2D eigenvalue weighted by Crippen LogP contribution is 2.37. The maximum absolute atomic E-state index is 13.5. The van der Waals surface area contributed by atoms with Gasteiger partial charge in [-0.15, -0.1) is 11.5 Å². The van der Waals surface area contributed by atoms with E-state index in [4.69, 9.17) is 4.74 Å². The van der Waals surface area contributed by atoms with Crippen LogP contribution in [0.5, 0.6) is 0 Å². The number of esters is 1. The van der Waals surface area contributed by atoms with Crippen LogP contribution in [0.3, 0.4) is 0 Å². The fourth-order valence-corrected chi connectivity index (χ4v) is 5.34. The molecule has 2 amide bonds. The average molecular weight is 542 g/mol. The number of rotatable bonds is 16. The number of carbonyl (C=O) groups is 3. The Bertz CT molecular complexity index is 964. The number of nitroso groups, excluding NO2 is 1. The first-order valence-corrected chi connectivity index (χ1v) is 14.4. The van der Waals surface area contributed by atoms with Gasteiger partial charge in [0.25, 0.3) is 0 Å². The summed E-state index contributed by atoms with van der Waals surface area (Å²) in [5, 5.41) is 5.68. The molecule has 1 aromatic rings. The van der Waals surface area contributed by atoms with Crippen molar-refractivity contribution >= 4 is 17.8 Å². The van der Waals surface area contributed by atoms with E-state index in [1.54, 1.807) is 0 Å². The molecule has 0 aliphatic carbocycles. The van der Waals surface area contributed by atoms with Gasteiger partial charge in [-0.25, -0.2) is 4.79 Å². The molecule has 1 aliphatic heterocycles. The third-order valence-electron chi connectivity index (χ3n) is 8.11. The molecule has 1 aliphatic rings. The third-order valence-corrected chi connectivity index (χ3v) is 8.11. The summed E-state index contributed by atoms with van der Waals surface area (Å²) < 4.78 is 5.88. The zero-order chi connectivity index (χ0) is 29.0. The number of ether oxygens (including phenoxy) is 1. The largest absolute Gasteiger partial charge is 0.461 e. The molecule has 0 saturated carbocycles. The number of nitrogens with one attached hydrogen (secondary N) is 1. The second-order valence-electron chi connectivity index (χ2n) is 11.4. The van der Waals surface area contributed by atoms with Crippen LogP contribution in [0.25, 0.3) is 0 Å². The summed E-state index contributed by atoms with van der Waals surface area (Å²) in [6.45, 7) is 14.9. The molecule has 1 saturated heterocycles. The molecule has 0 aromatic heterocycles. The fourth-order valence-electron chi connectivity index (χ4n) is 5.34. The van der Waals surface area contributed by atoms with E-state index in [-0.39, 0.29) is 30.3 Å². The van der Waals surface area contributed by atoms with Crippen molar-refractivity contribution in [2.45, 2.75) is 110 Å². The SMILES string of the molecule is C=CCC(NC(=O)C(Cc1ccccc1)N=O)C(=O)N1CCCC1C(=O)OC(C)CC(CCC)C(C)(C)CC. The zero-order valence-corrected chi connectivity index (χ0v) is 24.4. The molecule has 216 valence electrons. The van der Waals surface area contributed by atoms with Crippen LogP contribution in [0, 0.1) is 16.2 Å². The predicted molar refractivity (Wildman–Crippen MR) is 154 cm³/mol. The zero-order valence-electron chi connectivity index (χ0n) is 24.4. The van der Waals surface area contributed by atoms with Gasteiger partial charge in [-0.05, 0) is 49.5 Å². The summed E-state index contributed by atoms with van der Waals surface area (Å²) in [5.41, 5.74) is 0.945. The van der Waals surface area contributed by atoms with E-state index in [1.165, 1.54) is 11.0 Å². The van der Waals surface area contributed by atoms with Gasteiger partial charge in [0, 0.05) is 13.0 Å². The first-order chi connectivity index (χ1) is 18.6. The minimum absolute atomic E-state index is 0.135. The first-order valence-electron chi connectivity index (χ1n) is 14.4. The minimum Gasteiger partial charge on any atom is -0.461 e. The molecule has 1 N–H and O–H groups in total. The van der Waals surface area contributed by atoms with Crippen molar-refractivity contribution in [2.75, 3.05) is 6.54 Å². The Morgan fingerprint density at radius 1 is 1.23 bits per heavy atom. The Kier molecular flexibility index (Phi) is 12.8. The van der Waals surface area contributed by atoms with Gasteiger partial charge in [-0.3, -0.25) is 9.59 Å². The molecule has 5 unspecified atom stereocenters. The third kappa shape index (κ3) is 9.29. The number of carbonyl (C=O) groups excluding carboxylic acids is 3. The lowest BCUT2D eigenvalue weighted by Gasteiger charge is -2.35. The van der Waals surface area contributed by atoms with E-state index in [9.17, 15) is 19.3 Å². The molecule has 39 heavy (non-hydrogen) atoms. The Labute approximate surface area is 233 Å². The predicted octanol–water partition coefficient (Wildman–Crippen LogP) is 5.59. The van der Waals surface area contributed by atoms with Gasteiger partial charge in [0.2, 0.25) is 11.8 Å². The van der Waals surface area contributed by atoms with Crippen molar-refractivity contribution in [1.82, 2.24) is 10.2 Å². The molecule has 0 radical (unpaired) electrons. The van der Waals surface area contributed by atoms with Gasteiger partial charge in [-0.2, -0.15) is 0 Å². The molecule has 1 heterocycles. The van der Waals surface area contributed by atoms with Gasteiger partial charge in [0.05, 0.1) is 6.10 Å². The number of benzene rings is 1. The number of nitrogens with zero attached hydrogens (tertiary/aromatic N) is 2. The van der Waals surface area contributed by atoms with Gasteiger partial charge < -0.3 is 15.0 Å².